The Morgan fingerprint density at radius 3 is 2.71 bits per heavy atom. The lowest BCUT2D eigenvalue weighted by Crippen LogP contribution is -2.16. The van der Waals surface area contributed by atoms with Gasteiger partial charge >= 0.3 is 5.69 Å². The minimum absolute atomic E-state index is 0.198. The summed E-state index contributed by atoms with van der Waals surface area (Å²) in [7, 11) is 0. The lowest BCUT2D eigenvalue weighted by molar-refractivity contribution is -0.384. The molecule has 0 spiro atoms. The fourth-order valence-corrected chi connectivity index (χ4v) is 0.938. The number of aliphatic hydroxyl groups is 1. The highest BCUT2D eigenvalue weighted by Crippen LogP contribution is 2.20. The molecule has 0 saturated carbocycles. The van der Waals surface area contributed by atoms with Crippen molar-refractivity contribution in [2.45, 2.75) is 6.04 Å². The summed E-state index contributed by atoms with van der Waals surface area (Å²) in [5.41, 5.74) is 10.8. The lowest BCUT2D eigenvalue weighted by atomic mass is 10.2. The molecule has 0 saturated heterocycles. The van der Waals surface area contributed by atoms with Crippen LogP contribution in [0, 0.1) is 10.1 Å². The molecule has 1 heterocycles. The van der Waals surface area contributed by atoms with Gasteiger partial charge in [0, 0.05) is 6.07 Å². The van der Waals surface area contributed by atoms with E-state index in [1.807, 2.05) is 0 Å². The quantitative estimate of drug-likeness (QED) is 0.446. The standard InChI is InChI=1S/C7H10N4O3/c8-4(3-12)5-1-2-6(11(13)14)7(9)10-5/h1-2,4,12H,3,8H2,(H2,9,10)/t4-/m0/s1. The van der Waals surface area contributed by atoms with Gasteiger partial charge in [0.2, 0.25) is 5.82 Å². The maximum Gasteiger partial charge on any atom is 0.311 e. The first-order valence-electron chi connectivity index (χ1n) is 3.83. The summed E-state index contributed by atoms with van der Waals surface area (Å²) in [6.07, 6.45) is 0. The van der Waals surface area contributed by atoms with Crippen LogP contribution in [0.25, 0.3) is 0 Å². The van der Waals surface area contributed by atoms with E-state index in [-0.39, 0.29) is 18.1 Å². The largest absolute Gasteiger partial charge is 0.394 e. The first-order valence-corrected chi connectivity index (χ1v) is 3.83. The number of nitro groups is 1. The van der Waals surface area contributed by atoms with Crippen molar-refractivity contribution in [3.05, 3.63) is 27.9 Å². The number of hydrogen-bond donors (Lipinski definition) is 3. The van der Waals surface area contributed by atoms with E-state index >= 15 is 0 Å². The molecule has 5 N–H and O–H groups in total. The number of aromatic nitrogens is 1. The number of hydrogen-bond acceptors (Lipinski definition) is 6. The molecule has 7 nitrogen and oxygen atoms in total. The molecule has 0 aliphatic heterocycles. The molecule has 76 valence electrons. The number of anilines is 1. The van der Waals surface area contributed by atoms with Gasteiger partial charge in [0.15, 0.2) is 0 Å². The Kier molecular flexibility index (Phi) is 2.95. The predicted octanol–water partition coefficient (Wildman–Crippen LogP) is -0.436. The Bertz CT molecular complexity index is 355. The van der Waals surface area contributed by atoms with E-state index in [0.717, 1.165) is 0 Å². The Hall–Kier alpha value is -1.73. The van der Waals surface area contributed by atoms with Crippen LogP contribution in [-0.4, -0.2) is 21.6 Å². The zero-order valence-electron chi connectivity index (χ0n) is 7.25. The molecule has 1 aromatic rings. The molecule has 0 radical (unpaired) electrons. The highest BCUT2D eigenvalue weighted by molar-refractivity contribution is 5.52. The first kappa shape index (κ1) is 10.4. The third-order valence-corrected chi connectivity index (χ3v) is 1.70. The molecule has 1 atom stereocenters. The van der Waals surface area contributed by atoms with E-state index in [1.165, 1.54) is 12.1 Å². The van der Waals surface area contributed by atoms with Gasteiger partial charge in [0.25, 0.3) is 0 Å². The highest BCUT2D eigenvalue weighted by atomic mass is 16.6. The van der Waals surface area contributed by atoms with Crippen molar-refractivity contribution in [2.75, 3.05) is 12.3 Å². The topological polar surface area (TPSA) is 128 Å². The zero-order valence-corrected chi connectivity index (χ0v) is 7.25. The lowest BCUT2D eigenvalue weighted by Gasteiger charge is -2.07. The Labute approximate surface area is 79.5 Å². The third kappa shape index (κ3) is 1.95. The van der Waals surface area contributed by atoms with Gasteiger partial charge in [0.05, 0.1) is 23.3 Å². The maximum atomic E-state index is 10.4. The molecule has 14 heavy (non-hydrogen) atoms. The van der Waals surface area contributed by atoms with E-state index in [0.29, 0.717) is 5.69 Å². The normalized spacial score (nSPS) is 12.4. The summed E-state index contributed by atoms with van der Waals surface area (Å²) >= 11 is 0. The molecule has 1 aromatic heterocycles. The SMILES string of the molecule is Nc1nc([C@@H](N)CO)ccc1[N+](=O)[O-]. The molecule has 0 fully saturated rings. The summed E-state index contributed by atoms with van der Waals surface area (Å²) in [6, 6.07) is 1.92. The number of pyridine rings is 1. The van der Waals surface area contributed by atoms with Crippen LogP contribution in [0.4, 0.5) is 11.5 Å². The molecule has 0 bridgehead atoms. The molecule has 1 rings (SSSR count). The summed E-state index contributed by atoms with van der Waals surface area (Å²) in [4.78, 5) is 13.5. The monoisotopic (exact) mass is 198 g/mol. The second-order valence-corrected chi connectivity index (χ2v) is 2.69. The van der Waals surface area contributed by atoms with Crippen molar-refractivity contribution in [3.8, 4) is 0 Å². The highest BCUT2D eigenvalue weighted by Gasteiger charge is 2.15. The third-order valence-electron chi connectivity index (χ3n) is 1.70. The Morgan fingerprint density at radius 1 is 1.64 bits per heavy atom. The van der Waals surface area contributed by atoms with Gasteiger partial charge in [-0.1, -0.05) is 0 Å². The number of rotatable bonds is 3. The smallest absolute Gasteiger partial charge is 0.311 e. The van der Waals surface area contributed by atoms with Gasteiger partial charge in [-0.05, 0) is 6.07 Å². The van der Waals surface area contributed by atoms with E-state index in [9.17, 15) is 10.1 Å². The van der Waals surface area contributed by atoms with E-state index in [1.54, 1.807) is 0 Å². The number of nitrogens with zero attached hydrogens (tertiary/aromatic N) is 2. The van der Waals surface area contributed by atoms with Crippen LogP contribution in [0.5, 0.6) is 0 Å². The number of aliphatic hydroxyl groups excluding tert-OH is 1. The van der Waals surface area contributed by atoms with Gasteiger partial charge < -0.3 is 16.6 Å². The van der Waals surface area contributed by atoms with Crippen molar-refractivity contribution >= 4 is 11.5 Å². The second-order valence-electron chi connectivity index (χ2n) is 2.69. The van der Waals surface area contributed by atoms with Crippen molar-refractivity contribution in [3.63, 3.8) is 0 Å². The fraction of sp³-hybridized carbons (Fsp3) is 0.286. The van der Waals surface area contributed by atoms with Crippen LogP contribution in [-0.2, 0) is 0 Å². The van der Waals surface area contributed by atoms with Crippen LogP contribution in [0.1, 0.15) is 11.7 Å². The molecule has 0 aliphatic carbocycles. The van der Waals surface area contributed by atoms with Crippen LogP contribution in [0.15, 0.2) is 12.1 Å². The molecule has 0 unspecified atom stereocenters. The van der Waals surface area contributed by atoms with Crippen molar-refractivity contribution in [1.82, 2.24) is 4.98 Å². The minimum atomic E-state index is -0.668. The van der Waals surface area contributed by atoms with Crippen molar-refractivity contribution in [1.29, 1.82) is 0 Å². The first-order chi connectivity index (χ1) is 6.56. The van der Waals surface area contributed by atoms with Crippen LogP contribution in [0.2, 0.25) is 0 Å². The minimum Gasteiger partial charge on any atom is -0.394 e. The van der Waals surface area contributed by atoms with Crippen LogP contribution in [0.3, 0.4) is 0 Å². The van der Waals surface area contributed by atoms with Gasteiger partial charge in [-0.15, -0.1) is 0 Å². The molecule has 0 amide bonds. The summed E-state index contributed by atoms with van der Waals surface area (Å²) in [5.74, 6) is -0.198. The summed E-state index contributed by atoms with van der Waals surface area (Å²) in [5, 5.41) is 19.1. The van der Waals surface area contributed by atoms with Gasteiger partial charge in [-0.3, -0.25) is 10.1 Å². The van der Waals surface area contributed by atoms with Gasteiger partial charge in [-0.25, -0.2) is 4.98 Å². The van der Waals surface area contributed by atoms with Gasteiger partial charge in [-0.2, -0.15) is 0 Å². The Balaban J connectivity index is 3.06. The average molecular weight is 198 g/mol. The molecular formula is C7H10N4O3. The summed E-state index contributed by atoms with van der Waals surface area (Å²) in [6.45, 7) is -0.287. The maximum absolute atomic E-state index is 10.4. The molecule has 7 heteroatoms. The summed E-state index contributed by atoms with van der Waals surface area (Å²) < 4.78 is 0. The van der Waals surface area contributed by atoms with Gasteiger partial charge in [0.1, 0.15) is 0 Å². The number of nitrogens with two attached hydrogens (primary N) is 2. The van der Waals surface area contributed by atoms with E-state index in [2.05, 4.69) is 4.98 Å². The van der Waals surface area contributed by atoms with Crippen molar-refractivity contribution < 1.29 is 10.0 Å². The molecule has 0 aromatic carbocycles. The van der Waals surface area contributed by atoms with Crippen LogP contribution < -0.4 is 11.5 Å². The van der Waals surface area contributed by atoms with E-state index in [4.69, 9.17) is 16.6 Å². The predicted molar refractivity (Wildman–Crippen MR) is 49.3 cm³/mol. The number of nitrogen functional groups attached to an aromatic ring is 1. The molecule has 0 aliphatic rings. The van der Waals surface area contributed by atoms with Crippen LogP contribution >= 0.6 is 0 Å². The Morgan fingerprint density at radius 2 is 2.29 bits per heavy atom. The average Bonchev–Trinajstić information content (AvgIpc) is 2.15. The van der Waals surface area contributed by atoms with E-state index < -0.39 is 11.0 Å². The zero-order chi connectivity index (χ0) is 10.7. The fourth-order valence-electron chi connectivity index (χ4n) is 0.938. The second kappa shape index (κ2) is 3.99. The van der Waals surface area contributed by atoms with Crippen molar-refractivity contribution in [2.24, 2.45) is 5.73 Å². The molecular weight excluding hydrogens is 188 g/mol.